The van der Waals surface area contributed by atoms with E-state index in [1.165, 1.54) is 14.2 Å². The Bertz CT molecular complexity index is 455. The van der Waals surface area contributed by atoms with Gasteiger partial charge in [0.25, 0.3) is 0 Å². The molecular formula is C13H18O5. The first-order chi connectivity index (χ1) is 8.40. The van der Waals surface area contributed by atoms with Crippen LogP contribution in [0.1, 0.15) is 25.5 Å². The van der Waals surface area contributed by atoms with Crippen molar-refractivity contribution >= 4 is 0 Å². The Balaban J connectivity index is 2.54. The van der Waals surface area contributed by atoms with Crippen LogP contribution in [0.15, 0.2) is 12.1 Å². The van der Waals surface area contributed by atoms with Gasteiger partial charge in [0.05, 0.1) is 14.2 Å². The van der Waals surface area contributed by atoms with Crippen LogP contribution in [0.4, 0.5) is 0 Å². The second-order valence-corrected chi connectivity index (χ2v) is 4.84. The third kappa shape index (κ3) is 1.89. The average Bonchev–Trinajstić information content (AvgIpc) is 2.34. The highest BCUT2D eigenvalue weighted by atomic mass is 16.5. The third-order valence-corrected chi connectivity index (χ3v) is 3.22. The summed E-state index contributed by atoms with van der Waals surface area (Å²) in [5, 5.41) is 20.1. The molecule has 0 bridgehead atoms. The summed E-state index contributed by atoms with van der Waals surface area (Å²) < 4.78 is 16.0. The molecule has 0 aliphatic carbocycles. The fraction of sp³-hybridized carbons (Fsp3) is 0.538. The quantitative estimate of drug-likeness (QED) is 0.832. The number of rotatable bonds is 2. The maximum Gasteiger partial charge on any atom is 0.164 e. The van der Waals surface area contributed by atoms with Crippen molar-refractivity contribution in [2.45, 2.75) is 31.7 Å². The molecule has 0 amide bonds. The summed E-state index contributed by atoms with van der Waals surface area (Å²) in [7, 11) is 3.05. The lowest BCUT2D eigenvalue weighted by Gasteiger charge is -2.40. The predicted molar refractivity (Wildman–Crippen MR) is 65.2 cm³/mol. The second kappa shape index (κ2) is 4.33. The topological polar surface area (TPSA) is 68.2 Å². The molecule has 0 spiro atoms. The molecule has 5 nitrogen and oxygen atoms in total. The summed E-state index contributed by atoms with van der Waals surface area (Å²) in [6.07, 6.45) is -2.01. The zero-order valence-electron chi connectivity index (χ0n) is 10.9. The zero-order valence-corrected chi connectivity index (χ0v) is 10.9. The largest absolute Gasteiger partial charge is 0.493 e. The lowest BCUT2D eigenvalue weighted by atomic mass is 9.88. The molecule has 5 heteroatoms. The minimum Gasteiger partial charge on any atom is -0.493 e. The first-order valence-electron chi connectivity index (χ1n) is 5.71. The van der Waals surface area contributed by atoms with E-state index in [1.54, 1.807) is 26.0 Å². The molecule has 2 unspecified atom stereocenters. The minimum atomic E-state index is -1.01. The summed E-state index contributed by atoms with van der Waals surface area (Å²) >= 11 is 0. The smallest absolute Gasteiger partial charge is 0.164 e. The van der Waals surface area contributed by atoms with Gasteiger partial charge in [-0.3, -0.25) is 0 Å². The number of fused-ring (bicyclic) bond motifs is 1. The molecule has 18 heavy (non-hydrogen) atoms. The van der Waals surface area contributed by atoms with E-state index in [1.807, 2.05) is 0 Å². The minimum absolute atomic E-state index is 0.491. The molecule has 0 saturated heterocycles. The fourth-order valence-electron chi connectivity index (χ4n) is 2.09. The van der Waals surface area contributed by atoms with Gasteiger partial charge in [0.15, 0.2) is 11.5 Å². The van der Waals surface area contributed by atoms with Crippen LogP contribution in [0.25, 0.3) is 0 Å². The van der Waals surface area contributed by atoms with Gasteiger partial charge in [0.2, 0.25) is 0 Å². The van der Waals surface area contributed by atoms with E-state index in [2.05, 4.69) is 0 Å². The SMILES string of the molecule is COc1cc2c(cc1OC)C(O)C(O)C(C)(C)O2. The van der Waals surface area contributed by atoms with Gasteiger partial charge in [-0.25, -0.2) is 0 Å². The predicted octanol–water partition coefficient (Wildman–Crippen LogP) is 1.27. The van der Waals surface area contributed by atoms with Crippen LogP contribution < -0.4 is 14.2 Å². The fourth-order valence-corrected chi connectivity index (χ4v) is 2.09. The number of aliphatic hydroxyl groups is 2. The van der Waals surface area contributed by atoms with Crippen molar-refractivity contribution < 1.29 is 24.4 Å². The number of methoxy groups -OCH3 is 2. The number of hydrogen-bond donors (Lipinski definition) is 2. The first-order valence-corrected chi connectivity index (χ1v) is 5.71. The summed E-state index contributed by atoms with van der Waals surface area (Å²) in [4.78, 5) is 0. The van der Waals surface area contributed by atoms with Gasteiger partial charge in [0, 0.05) is 11.6 Å². The van der Waals surface area contributed by atoms with Gasteiger partial charge in [-0.15, -0.1) is 0 Å². The van der Waals surface area contributed by atoms with E-state index < -0.39 is 17.8 Å². The number of hydrogen-bond acceptors (Lipinski definition) is 5. The van der Waals surface area contributed by atoms with E-state index in [4.69, 9.17) is 14.2 Å². The van der Waals surface area contributed by atoms with Crippen LogP contribution in [0, 0.1) is 0 Å². The van der Waals surface area contributed by atoms with Gasteiger partial charge in [-0.1, -0.05) is 0 Å². The van der Waals surface area contributed by atoms with Gasteiger partial charge in [-0.05, 0) is 19.9 Å². The molecule has 0 radical (unpaired) electrons. The van der Waals surface area contributed by atoms with Gasteiger partial charge >= 0.3 is 0 Å². The van der Waals surface area contributed by atoms with Crippen molar-refractivity contribution in [3.63, 3.8) is 0 Å². The molecule has 2 atom stereocenters. The molecule has 1 aromatic carbocycles. The Morgan fingerprint density at radius 3 is 2.22 bits per heavy atom. The van der Waals surface area contributed by atoms with E-state index in [-0.39, 0.29) is 0 Å². The van der Waals surface area contributed by atoms with Crippen LogP contribution >= 0.6 is 0 Å². The van der Waals surface area contributed by atoms with E-state index in [9.17, 15) is 10.2 Å². The van der Waals surface area contributed by atoms with Crippen LogP contribution in [0.2, 0.25) is 0 Å². The molecular weight excluding hydrogens is 236 g/mol. The van der Waals surface area contributed by atoms with Crippen molar-refractivity contribution in [2.75, 3.05) is 14.2 Å². The Morgan fingerprint density at radius 1 is 1.11 bits per heavy atom. The normalized spacial score (nSPS) is 25.0. The molecule has 1 aliphatic heterocycles. The Morgan fingerprint density at radius 2 is 1.67 bits per heavy atom. The molecule has 0 saturated carbocycles. The van der Waals surface area contributed by atoms with Gasteiger partial charge < -0.3 is 24.4 Å². The van der Waals surface area contributed by atoms with Crippen LogP contribution in [-0.4, -0.2) is 36.1 Å². The van der Waals surface area contributed by atoms with E-state index in [0.29, 0.717) is 22.8 Å². The summed E-state index contributed by atoms with van der Waals surface area (Å²) in [6.45, 7) is 3.45. The van der Waals surface area contributed by atoms with Crippen molar-refractivity contribution in [1.82, 2.24) is 0 Å². The second-order valence-electron chi connectivity index (χ2n) is 4.84. The lowest BCUT2D eigenvalue weighted by molar-refractivity contribution is -0.111. The Hall–Kier alpha value is -1.46. The monoisotopic (exact) mass is 254 g/mol. The maximum absolute atomic E-state index is 10.1. The van der Waals surface area contributed by atoms with Gasteiger partial charge in [0.1, 0.15) is 23.6 Å². The van der Waals surface area contributed by atoms with Crippen molar-refractivity contribution in [3.8, 4) is 17.2 Å². The summed E-state index contributed by atoms with van der Waals surface area (Å²) in [5.74, 6) is 1.51. The molecule has 2 rings (SSSR count). The molecule has 100 valence electrons. The standard InChI is InChI=1S/C13H18O5/c1-13(2)12(15)11(14)7-5-9(16-3)10(17-4)6-8(7)18-13/h5-6,11-12,14-15H,1-4H3. The lowest BCUT2D eigenvalue weighted by Crippen LogP contribution is -2.48. The highest BCUT2D eigenvalue weighted by molar-refractivity contribution is 5.53. The number of benzene rings is 1. The Labute approximate surface area is 106 Å². The molecule has 1 aromatic rings. The van der Waals surface area contributed by atoms with Crippen molar-refractivity contribution in [3.05, 3.63) is 17.7 Å². The van der Waals surface area contributed by atoms with Crippen LogP contribution in [-0.2, 0) is 0 Å². The molecule has 0 fully saturated rings. The van der Waals surface area contributed by atoms with Crippen molar-refractivity contribution in [1.29, 1.82) is 0 Å². The average molecular weight is 254 g/mol. The van der Waals surface area contributed by atoms with E-state index in [0.717, 1.165) is 0 Å². The highest BCUT2D eigenvalue weighted by Crippen LogP contribution is 2.44. The highest BCUT2D eigenvalue weighted by Gasteiger charge is 2.42. The zero-order chi connectivity index (χ0) is 13.5. The Kier molecular flexibility index (Phi) is 3.12. The molecule has 1 heterocycles. The first kappa shape index (κ1) is 13.0. The summed E-state index contributed by atoms with van der Waals surface area (Å²) in [6, 6.07) is 3.28. The van der Waals surface area contributed by atoms with Crippen LogP contribution in [0.3, 0.4) is 0 Å². The third-order valence-electron chi connectivity index (χ3n) is 3.22. The summed E-state index contributed by atoms with van der Waals surface area (Å²) in [5.41, 5.74) is -0.356. The van der Waals surface area contributed by atoms with Gasteiger partial charge in [-0.2, -0.15) is 0 Å². The molecule has 1 aliphatic rings. The number of ether oxygens (including phenoxy) is 3. The molecule has 0 aromatic heterocycles. The van der Waals surface area contributed by atoms with Crippen molar-refractivity contribution in [2.24, 2.45) is 0 Å². The maximum atomic E-state index is 10.1. The van der Waals surface area contributed by atoms with Crippen LogP contribution in [0.5, 0.6) is 17.2 Å². The molecule has 2 N–H and O–H groups in total. The van der Waals surface area contributed by atoms with E-state index >= 15 is 0 Å². The number of aliphatic hydroxyl groups excluding tert-OH is 2.